The van der Waals surface area contributed by atoms with E-state index in [2.05, 4.69) is 48.9 Å². The van der Waals surface area contributed by atoms with Crippen LogP contribution in [0, 0.1) is 12.8 Å². The Labute approximate surface area is 111 Å². The highest BCUT2D eigenvalue weighted by Crippen LogP contribution is 2.43. The second-order valence-electron chi connectivity index (χ2n) is 5.30. The molecule has 1 aliphatic rings. The lowest BCUT2D eigenvalue weighted by molar-refractivity contribution is 0.143. The number of H-pyrrole nitrogens is 1. The summed E-state index contributed by atoms with van der Waals surface area (Å²) in [6.45, 7) is 6.29. The van der Waals surface area contributed by atoms with Crippen molar-refractivity contribution >= 4 is 0 Å². The van der Waals surface area contributed by atoms with Gasteiger partial charge in [-0.15, -0.1) is 0 Å². The first-order valence-electron chi connectivity index (χ1n) is 6.43. The van der Waals surface area contributed by atoms with Crippen molar-refractivity contribution in [2.75, 3.05) is 0 Å². The third-order valence-electron chi connectivity index (χ3n) is 3.43. The van der Waals surface area contributed by atoms with Crippen LogP contribution in [0.3, 0.4) is 0 Å². The molecule has 1 aromatic heterocycles. The van der Waals surface area contributed by atoms with Gasteiger partial charge < -0.3 is 4.74 Å². The van der Waals surface area contributed by atoms with Crippen molar-refractivity contribution in [3.8, 4) is 17.0 Å². The molecule has 0 bridgehead atoms. The van der Waals surface area contributed by atoms with Gasteiger partial charge in [-0.05, 0) is 18.4 Å². The summed E-state index contributed by atoms with van der Waals surface area (Å²) in [6, 6.07) is 6.28. The van der Waals surface area contributed by atoms with E-state index in [1.807, 2.05) is 0 Å². The van der Waals surface area contributed by atoms with Crippen molar-refractivity contribution in [2.45, 2.75) is 26.9 Å². The van der Waals surface area contributed by atoms with E-state index in [1.54, 1.807) is 6.20 Å². The number of nitrogens with one attached hydrogen (secondary N) is 1. The minimum Gasteiger partial charge on any atom is -0.470 e. The maximum Gasteiger partial charge on any atom is 0.347 e. The van der Waals surface area contributed by atoms with Crippen LogP contribution < -0.4 is 10.4 Å². The molecule has 0 spiro atoms. The zero-order valence-electron chi connectivity index (χ0n) is 11.2. The number of aromatic amines is 1. The van der Waals surface area contributed by atoms with Gasteiger partial charge in [-0.1, -0.05) is 37.6 Å². The van der Waals surface area contributed by atoms with E-state index in [-0.39, 0.29) is 11.8 Å². The second kappa shape index (κ2) is 4.23. The molecule has 3 rings (SSSR count). The van der Waals surface area contributed by atoms with Crippen LogP contribution in [0.15, 0.2) is 29.2 Å². The van der Waals surface area contributed by atoms with Gasteiger partial charge in [-0.3, -0.25) is 4.98 Å². The van der Waals surface area contributed by atoms with Crippen LogP contribution in [0.2, 0.25) is 0 Å². The molecule has 1 N–H and O–H groups in total. The summed E-state index contributed by atoms with van der Waals surface area (Å²) >= 11 is 0. The maximum absolute atomic E-state index is 11.3. The highest BCUT2D eigenvalue weighted by Gasteiger charge is 2.29. The van der Waals surface area contributed by atoms with Crippen molar-refractivity contribution in [1.82, 2.24) is 9.97 Å². The van der Waals surface area contributed by atoms with E-state index in [1.165, 1.54) is 5.56 Å². The quantitative estimate of drug-likeness (QED) is 0.853. The molecule has 1 aromatic carbocycles. The summed E-state index contributed by atoms with van der Waals surface area (Å²) in [5.41, 5.74) is 3.93. The SMILES string of the molecule is Cc1ccc2c(c1)[C@@H](C(C)C)Oc1[nH]c(=O)ncc1-2. The molecule has 98 valence electrons. The van der Waals surface area contributed by atoms with Crippen molar-refractivity contribution in [3.63, 3.8) is 0 Å². The molecule has 2 heterocycles. The lowest BCUT2D eigenvalue weighted by Crippen LogP contribution is -2.23. The average Bonchev–Trinajstić information content (AvgIpc) is 2.37. The van der Waals surface area contributed by atoms with Crippen LogP contribution in [0.5, 0.6) is 5.88 Å². The van der Waals surface area contributed by atoms with Gasteiger partial charge in [0.25, 0.3) is 0 Å². The number of hydrogen-bond donors (Lipinski definition) is 1. The number of benzene rings is 1. The van der Waals surface area contributed by atoms with E-state index in [0.29, 0.717) is 11.8 Å². The molecule has 4 heteroatoms. The molecule has 4 nitrogen and oxygen atoms in total. The zero-order chi connectivity index (χ0) is 13.6. The van der Waals surface area contributed by atoms with Gasteiger partial charge in [-0.25, -0.2) is 9.78 Å². The van der Waals surface area contributed by atoms with E-state index in [4.69, 9.17) is 4.74 Å². The zero-order valence-corrected chi connectivity index (χ0v) is 11.2. The smallest absolute Gasteiger partial charge is 0.347 e. The van der Waals surface area contributed by atoms with E-state index < -0.39 is 0 Å². The molecule has 1 atom stereocenters. The molecule has 0 amide bonds. The predicted octanol–water partition coefficient (Wildman–Crippen LogP) is 2.83. The molecule has 0 saturated carbocycles. The summed E-state index contributed by atoms with van der Waals surface area (Å²) in [5.74, 6) is 0.848. The van der Waals surface area contributed by atoms with Gasteiger partial charge in [0.05, 0.1) is 5.56 Å². The third-order valence-corrected chi connectivity index (χ3v) is 3.43. The van der Waals surface area contributed by atoms with Crippen LogP contribution in [-0.4, -0.2) is 9.97 Å². The Morgan fingerprint density at radius 1 is 1.32 bits per heavy atom. The van der Waals surface area contributed by atoms with Gasteiger partial charge in [0.2, 0.25) is 5.88 Å². The summed E-state index contributed by atoms with van der Waals surface area (Å²) in [7, 11) is 0. The van der Waals surface area contributed by atoms with Gasteiger partial charge in [-0.2, -0.15) is 0 Å². The van der Waals surface area contributed by atoms with Crippen molar-refractivity contribution < 1.29 is 4.74 Å². The monoisotopic (exact) mass is 256 g/mol. The Kier molecular flexibility index (Phi) is 2.66. The maximum atomic E-state index is 11.3. The van der Waals surface area contributed by atoms with E-state index in [9.17, 15) is 4.79 Å². The average molecular weight is 256 g/mol. The summed E-state index contributed by atoms with van der Waals surface area (Å²) in [4.78, 5) is 17.8. The number of rotatable bonds is 1. The first-order chi connectivity index (χ1) is 9.06. The predicted molar refractivity (Wildman–Crippen MR) is 73.2 cm³/mol. The number of ether oxygens (including phenoxy) is 1. The third kappa shape index (κ3) is 1.93. The molecule has 0 aliphatic carbocycles. The lowest BCUT2D eigenvalue weighted by atomic mass is 9.88. The highest BCUT2D eigenvalue weighted by molar-refractivity contribution is 5.73. The standard InChI is InChI=1S/C15H16N2O2/c1-8(2)13-11-6-9(3)4-5-10(11)12-7-16-15(18)17-14(12)19-13/h4-8,13H,1-3H3,(H,16,17,18)/t13-/m1/s1. The van der Waals surface area contributed by atoms with Crippen LogP contribution in [-0.2, 0) is 0 Å². The van der Waals surface area contributed by atoms with Crippen LogP contribution >= 0.6 is 0 Å². The molecule has 0 saturated heterocycles. The van der Waals surface area contributed by atoms with Crippen molar-refractivity contribution in [2.24, 2.45) is 5.92 Å². The van der Waals surface area contributed by atoms with Gasteiger partial charge in [0.15, 0.2) is 0 Å². The fourth-order valence-electron chi connectivity index (χ4n) is 2.51. The topological polar surface area (TPSA) is 55.0 Å². The van der Waals surface area contributed by atoms with Crippen molar-refractivity contribution in [1.29, 1.82) is 0 Å². The molecular formula is C15H16N2O2. The van der Waals surface area contributed by atoms with Gasteiger partial charge >= 0.3 is 5.69 Å². The summed E-state index contributed by atoms with van der Waals surface area (Å²) in [6.07, 6.45) is 1.54. The summed E-state index contributed by atoms with van der Waals surface area (Å²) < 4.78 is 5.96. The number of nitrogens with zero attached hydrogens (tertiary/aromatic N) is 1. The number of aryl methyl sites for hydroxylation is 1. The summed E-state index contributed by atoms with van der Waals surface area (Å²) in [5, 5.41) is 0. The fraction of sp³-hybridized carbons (Fsp3) is 0.333. The highest BCUT2D eigenvalue weighted by atomic mass is 16.5. The Hall–Kier alpha value is -2.10. The Morgan fingerprint density at radius 3 is 2.84 bits per heavy atom. The first-order valence-corrected chi connectivity index (χ1v) is 6.43. The fourth-order valence-corrected chi connectivity index (χ4v) is 2.51. The molecular weight excluding hydrogens is 240 g/mol. The Morgan fingerprint density at radius 2 is 2.11 bits per heavy atom. The number of fused-ring (bicyclic) bond motifs is 3. The van der Waals surface area contributed by atoms with Crippen molar-refractivity contribution in [3.05, 3.63) is 46.0 Å². The molecule has 0 radical (unpaired) electrons. The Bertz CT molecular complexity index is 689. The molecule has 0 fully saturated rings. The van der Waals surface area contributed by atoms with Gasteiger partial charge in [0.1, 0.15) is 6.10 Å². The largest absolute Gasteiger partial charge is 0.470 e. The van der Waals surface area contributed by atoms with Crippen LogP contribution in [0.1, 0.15) is 31.1 Å². The second-order valence-corrected chi connectivity index (χ2v) is 5.30. The molecule has 1 aliphatic heterocycles. The molecule has 2 aromatic rings. The number of aromatic nitrogens is 2. The lowest BCUT2D eigenvalue weighted by Gasteiger charge is -2.30. The number of hydrogen-bond acceptors (Lipinski definition) is 3. The minimum absolute atomic E-state index is 0.0413. The normalized spacial score (nSPS) is 16.7. The molecule has 0 unspecified atom stereocenters. The Balaban J connectivity index is 2.27. The van der Waals surface area contributed by atoms with Gasteiger partial charge in [0, 0.05) is 11.8 Å². The first kappa shape index (κ1) is 12.0. The van der Waals surface area contributed by atoms with Crippen LogP contribution in [0.4, 0.5) is 0 Å². The van der Waals surface area contributed by atoms with E-state index >= 15 is 0 Å². The molecule has 19 heavy (non-hydrogen) atoms. The van der Waals surface area contributed by atoms with Crippen LogP contribution in [0.25, 0.3) is 11.1 Å². The minimum atomic E-state index is -0.378. The van der Waals surface area contributed by atoms with E-state index in [0.717, 1.165) is 16.7 Å².